The fourth-order valence-electron chi connectivity index (χ4n) is 3.92. The van der Waals surface area contributed by atoms with Gasteiger partial charge in [-0.25, -0.2) is 8.42 Å². The molecule has 1 aromatic heterocycles. The SMILES string of the molecule is Cn1c(CC2CCS(=O)(=O)C2)nnc1SCC(=O)Nc1ccc2c(c1)CCC2. The van der Waals surface area contributed by atoms with Crippen LogP contribution in [0.5, 0.6) is 0 Å². The molecule has 0 saturated carbocycles. The molecule has 1 amide bonds. The highest BCUT2D eigenvalue weighted by Crippen LogP contribution is 2.26. The van der Waals surface area contributed by atoms with E-state index in [1.807, 2.05) is 17.7 Å². The zero-order chi connectivity index (χ0) is 19.7. The summed E-state index contributed by atoms with van der Waals surface area (Å²) in [5.74, 6) is 1.54. The van der Waals surface area contributed by atoms with E-state index in [0.29, 0.717) is 18.0 Å². The summed E-state index contributed by atoms with van der Waals surface area (Å²) < 4.78 is 25.1. The van der Waals surface area contributed by atoms with Crippen LogP contribution < -0.4 is 5.32 Å². The minimum atomic E-state index is -2.89. The maximum atomic E-state index is 12.3. The van der Waals surface area contributed by atoms with Gasteiger partial charge in [0.2, 0.25) is 5.91 Å². The number of hydrogen-bond acceptors (Lipinski definition) is 6. The van der Waals surface area contributed by atoms with Gasteiger partial charge in [-0.05, 0) is 54.9 Å². The van der Waals surface area contributed by atoms with E-state index in [1.54, 1.807) is 0 Å². The fraction of sp³-hybridized carbons (Fsp3) is 0.526. The zero-order valence-electron chi connectivity index (χ0n) is 15.8. The van der Waals surface area contributed by atoms with Crippen molar-refractivity contribution in [1.29, 1.82) is 0 Å². The number of thioether (sulfide) groups is 1. The number of carbonyl (C=O) groups excluding carboxylic acids is 1. The maximum Gasteiger partial charge on any atom is 0.234 e. The second-order valence-corrected chi connectivity index (χ2v) is 10.8. The molecule has 2 aromatic rings. The van der Waals surface area contributed by atoms with Crippen LogP contribution in [0.25, 0.3) is 0 Å². The summed E-state index contributed by atoms with van der Waals surface area (Å²) in [5.41, 5.74) is 3.55. The summed E-state index contributed by atoms with van der Waals surface area (Å²) in [4.78, 5) is 12.3. The lowest BCUT2D eigenvalue weighted by Crippen LogP contribution is -2.15. The van der Waals surface area contributed by atoms with Crippen molar-refractivity contribution in [2.45, 2.75) is 37.3 Å². The zero-order valence-corrected chi connectivity index (χ0v) is 17.5. The molecule has 1 aliphatic heterocycles. The van der Waals surface area contributed by atoms with Crippen molar-refractivity contribution >= 4 is 33.2 Å². The maximum absolute atomic E-state index is 12.3. The van der Waals surface area contributed by atoms with E-state index in [4.69, 9.17) is 0 Å². The van der Waals surface area contributed by atoms with Crippen molar-refractivity contribution in [3.63, 3.8) is 0 Å². The first kappa shape index (κ1) is 19.4. The molecule has 1 atom stereocenters. The first-order chi connectivity index (χ1) is 13.4. The number of fused-ring (bicyclic) bond motifs is 1. The number of aryl methyl sites for hydroxylation is 2. The van der Waals surface area contributed by atoms with Crippen molar-refractivity contribution in [2.75, 3.05) is 22.6 Å². The van der Waals surface area contributed by atoms with Crippen LogP contribution in [0, 0.1) is 5.92 Å². The number of anilines is 1. The largest absolute Gasteiger partial charge is 0.325 e. The Balaban J connectivity index is 1.31. The van der Waals surface area contributed by atoms with E-state index in [0.717, 1.165) is 24.4 Å². The molecule has 1 N–H and O–H groups in total. The van der Waals surface area contributed by atoms with Crippen molar-refractivity contribution in [1.82, 2.24) is 14.8 Å². The fourth-order valence-corrected chi connectivity index (χ4v) is 6.51. The topological polar surface area (TPSA) is 93.9 Å². The highest BCUT2D eigenvalue weighted by molar-refractivity contribution is 7.99. The Kier molecular flexibility index (Phi) is 5.46. The van der Waals surface area contributed by atoms with Crippen LogP contribution >= 0.6 is 11.8 Å². The Morgan fingerprint density at radius 2 is 2.11 bits per heavy atom. The Morgan fingerprint density at radius 1 is 1.29 bits per heavy atom. The minimum Gasteiger partial charge on any atom is -0.325 e. The third-order valence-electron chi connectivity index (χ3n) is 5.44. The number of hydrogen-bond donors (Lipinski definition) is 1. The molecular formula is C19H24N4O3S2. The number of nitrogens with zero attached hydrogens (tertiary/aromatic N) is 3. The number of rotatable bonds is 6. The average Bonchev–Trinajstić information content (AvgIpc) is 3.33. The first-order valence-electron chi connectivity index (χ1n) is 9.53. The van der Waals surface area contributed by atoms with Crippen molar-refractivity contribution < 1.29 is 13.2 Å². The van der Waals surface area contributed by atoms with E-state index in [1.165, 1.54) is 29.3 Å². The van der Waals surface area contributed by atoms with Crippen molar-refractivity contribution in [2.24, 2.45) is 13.0 Å². The van der Waals surface area contributed by atoms with E-state index < -0.39 is 9.84 Å². The molecule has 7 nitrogen and oxygen atoms in total. The van der Waals surface area contributed by atoms with Crippen LogP contribution in [-0.2, 0) is 40.9 Å². The number of aromatic nitrogens is 3. The third-order valence-corrected chi connectivity index (χ3v) is 8.29. The van der Waals surface area contributed by atoms with Gasteiger partial charge >= 0.3 is 0 Å². The van der Waals surface area contributed by atoms with Crippen LogP contribution in [0.4, 0.5) is 5.69 Å². The lowest BCUT2D eigenvalue weighted by Gasteiger charge is -2.08. The first-order valence-corrected chi connectivity index (χ1v) is 12.3. The van der Waals surface area contributed by atoms with Gasteiger partial charge in [0, 0.05) is 19.2 Å². The summed E-state index contributed by atoms with van der Waals surface area (Å²) in [6.45, 7) is 0. The number of benzene rings is 1. The van der Waals surface area contributed by atoms with Crippen LogP contribution in [0.2, 0.25) is 0 Å². The van der Waals surface area contributed by atoms with Gasteiger partial charge in [0.05, 0.1) is 17.3 Å². The van der Waals surface area contributed by atoms with Gasteiger partial charge < -0.3 is 9.88 Å². The summed E-state index contributed by atoms with van der Waals surface area (Å²) in [7, 11) is -1.03. The van der Waals surface area contributed by atoms with Gasteiger partial charge in [0.15, 0.2) is 15.0 Å². The molecule has 28 heavy (non-hydrogen) atoms. The van der Waals surface area contributed by atoms with E-state index in [2.05, 4.69) is 27.6 Å². The molecule has 1 unspecified atom stereocenters. The second-order valence-electron chi connectivity index (χ2n) is 7.60. The van der Waals surface area contributed by atoms with Crippen LogP contribution in [-0.4, -0.2) is 46.3 Å². The normalized spacial score (nSPS) is 20.2. The molecule has 150 valence electrons. The van der Waals surface area contributed by atoms with Gasteiger partial charge in [-0.15, -0.1) is 10.2 Å². The van der Waals surface area contributed by atoms with Gasteiger partial charge in [-0.2, -0.15) is 0 Å². The Labute approximate surface area is 169 Å². The summed E-state index contributed by atoms with van der Waals surface area (Å²) >= 11 is 1.34. The smallest absolute Gasteiger partial charge is 0.234 e. The van der Waals surface area contributed by atoms with E-state index >= 15 is 0 Å². The molecule has 2 aliphatic rings. The number of sulfone groups is 1. The Morgan fingerprint density at radius 3 is 2.89 bits per heavy atom. The third kappa shape index (κ3) is 4.41. The van der Waals surface area contributed by atoms with Gasteiger partial charge in [0.1, 0.15) is 5.82 Å². The van der Waals surface area contributed by atoms with Crippen molar-refractivity contribution in [3.05, 3.63) is 35.2 Å². The average molecular weight is 421 g/mol. The molecule has 9 heteroatoms. The molecule has 4 rings (SSSR count). The summed E-state index contributed by atoms with van der Waals surface area (Å²) in [6, 6.07) is 6.13. The molecule has 1 aliphatic carbocycles. The molecule has 0 spiro atoms. The number of nitrogens with one attached hydrogen (secondary N) is 1. The molecule has 0 bridgehead atoms. The lowest BCUT2D eigenvalue weighted by atomic mass is 10.1. The molecule has 2 heterocycles. The standard InChI is InChI=1S/C19H24N4O3S2/c1-23-17(9-13-7-8-28(25,26)12-13)21-22-19(23)27-11-18(24)20-16-6-5-14-3-2-4-15(14)10-16/h5-6,10,13H,2-4,7-9,11-12H2,1H3,(H,20,24). The van der Waals surface area contributed by atoms with Gasteiger partial charge in [-0.1, -0.05) is 17.8 Å². The monoisotopic (exact) mass is 420 g/mol. The molecular weight excluding hydrogens is 396 g/mol. The number of amides is 1. The minimum absolute atomic E-state index is 0.0746. The predicted molar refractivity (Wildman–Crippen MR) is 109 cm³/mol. The highest BCUT2D eigenvalue weighted by atomic mass is 32.2. The Hall–Kier alpha value is -1.87. The molecule has 1 saturated heterocycles. The molecule has 1 fully saturated rings. The van der Waals surface area contributed by atoms with E-state index in [-0.39, 0.29) is 29.1 Å². The lowest BCUT2D eigenvalue weighted by molar-refractivity contribution is -0.113. The molecule has 0 radical (unpaired) electrons. The van der Waals surface area contributed by atoms with Gasteiger partial charge in [-0.3, -0.25) is 4.79 Å². The van der Waals surface area contributed by atoms with Crippen LogP contribution in [0.3, 0.4) is 0 Å². The van der Waals surface area contributed by atoms with Crippen LogP contribution in [0.1, 0.15) is 29.8 Å². The van der Waals surface area contributed by atoms with E-state index in [9.17, 15) is 13.2 Å². The Bertz CT molecular complexity index is 1000. The highest BCUT2D eigenvalue weighted by Gasteiger charge is 2.29. The van der Waals surface area contributed by atoms with Crippen LogP contribution in [0.15, 0.2) is 23.4 Å². The molecule has 1 aromatic carbocycles. The second kappa shape index (κ2) is 7.87. The quantitative estimate of drug-likeness (QED) is 0.719. The summed E-state index contributed by atoms with van der Waals surface area (Å²) in [6.07, 6.45) is 4.67. The summed E-state index contributed by atoms with van der Waals surface area (Å²) in [5, 5.41) is 12.0. The van der Waals surface area contributed by atoms with Gasteiger partial charge in [0.25, 0.3) is 0 Å². The predicted octanol–water partition coefficient (Wildman–Crippen LogP) is 2.01. The van der Waals surface area contributed by atoms with Crippen molar-refractivity contribution in [3.8, 4) is 0 Å². The number of carbonyl (C=O) groups is 1.